The molecule has 2 atom stereocenters. The Kier molecular flexibility index (Phi) is 23.1. The molecule has 2 heterocycles. The van der Waals surface area contributed by atoms with Gasteiger partial charge in [0.15, 0.2) is 23.0 Å². The molecule has 0 saturated heterocycles. The Bertz CT molecular complexity index is 2730. The fraction of sp³-hybridized carbons (Fsp3) is 0.250. The predicted molar refractivity (Wildman–Crippen MR) is 269 cm³/mol. The van der Waals surface area contributed by atoms with Crippen molar-refractivity contribution in [1.82, 2.24) is 20.6 Å². The first kappa shape index (κ1) is 57.3. The highest BCUT2D eigenvalue weighted by molar-refractivity contribution is 7.45. The van der Waals surface area contributed by atoms with Gasteiger partial charge in [-0.2, -0.15) is 0 Å². The van der Waals surface area contributed by atoms with Gasteiger partial charge in [-0.3, -0.25) is 0 Å². The van der Waals surface area contributed by atoms with Gasteiger partial charge in [0.2, 0.25) is 0 Å². The van der Waals surface area contributed by atoms with Crippen LogP contribution < -0.4 is 39.1 Å². The van der Waals surface area contributed by atoms with Gasteiger partial charge in [-0.1, -0.05) is 72.8 Å². The number of hydrogen-bond acceptors (Lipinski definition) is 12. The first-order chi connectivity index (χ1) is 33.5. The van der Waals surface area contributed by atoms with Gasteiger partial charge in [0.25, 0.3) is 0 Å². The molecule has 0 aliphatic carbocycles. The second kappa shape index (κ2) is 28.6. The minimum absolute atomic E-state index is 0. The van der Waals surface area contributed by atoms with Crippen LogP contribution in [0.3, 0.4) is 0 Å². The highest BCUT2D eigenvalue weighted by Gasteiger charge is 2.14. The molecule has 0 bridgehead atoms. The fourth-order valence-electron chi connectivity index (χ4n) is 6.95. The van der Waals surface area contributed by atoms with Crippen molar-refractivity contribution in [1.29, 1.82) is 0 Å². The molecule has 2 unspecified atom stereocenters. The van der Waals surface area contributed by atoms with Crippen LogP contribution in [0.1, 0.15) is 0 Å². The maximum atomic E-state index is 10.3. The molecule has 23 heteroatoms. The summed E-state index contributed by atoms with van der Waals surface area (Å²) in [5.74, 6) is 4.36. The van der Waals surface area contributed by atoms with Crippen molar-refractivity contribution in [2.24, 2.45) is 0 Å². The summed E-state index contributed by atoms with van der Waals surface area (Å²) in [4.78, 5) is 49.9. The monoisotopic (exact) mass is 1030 g/mol. The summed E-state index contributed by atoms with van der Waals surface area (Å²) in [6.45, 7) is 3.40. The third-order valence-corrected chi connectivity index (χ3v) is 9.82. The molecule has 0 aliphatic heterocycles. The lowest BCUT2D eigenvalue weighted by Crippen LogP contribution is -2.33. The average Bonchev–Trinajstić information content (AvgIpc) is 3.91. The van der Waals surface area contributed by atoms with Crippen LogP contribution in [-0.4, -0.2) is 134 Å². The summed E-state index contributed by atoms with van der Waals surface area (Å²) in [6, 6.07) is 43.2. The summed E-state index contributed by atoms with van der Waals surface area (Å²) in [5.41, 5.74) is 4.19. The van der Waals surface area contributed by atoms with E-state index in [1.165, 1.54) is 0 Å². The highest BCUT2D eigenvalue weighted by Crippen LogP contribution is 2.35. The summed E-state index contributed by atoms with van der Waals surface area (Å²) in [6.07, 6.45) is -1.26. The van der Waals surface area contributed by atoms with E-state index in [0.29, 0.717) is 62.4 Å². The van der Waals surface area contributed by atoms with Gasteiger partial charge in [0.1, 0.15) is 50.1 Å². The smallest absolute Gasteiger partial charge is 0.466 e. The lowest BCUT2D eigenvalue weighted by molar-refractivity contribution is 0.106. The van der Waals surface area contributed by atoms with Crippen LogP contribution in [0, 0.1) is 0 Å². The van der Waals surface area contributed by atoms with E-state index in [0.717, 1.165) is 55.1 Å². The Hall–Kier alpha value is -6.26. The zero-order valence-corrected chi connectivity index (χ0v) is 40.5. The Balaban J connectivity index is 0.000000256. The van der Waals surface area contributed by atoms with Gasteiger partial charge in [-0.15, -0.1) is 0 Å². The molecular weight excluding hydrogens is 966 g/mol. The number of rotatable bonds is 20. The zero-order chi connectivity index (χ0) is 50.5. The molecule has 0 aliphatic rings. The van der Waals surface area contributed by atoms with Crippen molar-refractivity contribution in [2.75, 3.05) is 66.8 Å². The standard InChI is InChI=1S/2C24H26N2O4.2H3O4P.H2O/c2*1-28-21-10-4-5-11-22(21)29-14-13-25-15-17(27)16-30-23-12-6-9-20-24(23)18-7-2-3-8-19(18)26-20;2*1-5(2,3)4;/h2*2-12,17,25-27H,13-16H2,1H3;2*(H3,1,2,3,4);1H2. The van der Waals surface area contributed by atoms with Crippen LogP contribution in [0.4, 0.5) is 0 Å². The van der Waals surface area contributed by atoms with Gasteiger partial charge < -0.3 is 94.1 Å². The largest absolute Gasteiger partial charge is 0.493 e. The molecule has 0 saturated carbocycles. The Morgan fingerprint density at radius 2 is 0.761 bits per heavy atom. The van der Waals surface area contributed by atoms with E-state index in [1.807, 2.05) is 121 Å². The number of benzene rings is 6. The SMILES string of the molecule is COc1ccccc1OCCNCC(O)COc1cccc2[nH]c3ccccc3c12.COc1ccccc1OCCNCC(O)COc1cccc2[nH]c3ccccc3c12.O.O=P(O)(O)O.O=P(O)(O)O. The number of aliphatic hydroxyl groups is 2. The number of para-hydroxylation sites is 6. The summed E-state index contributed by atoms with van der Waals surface area (Å²) in [5, 5.41) is 31.3. The van der Waals surface area contributed by atoms with Gasteiger partial charge >= 0.3 is 15.6 Å². The number of methoxy groups -OCH3 is 2. The molecule has 8 aromatic rings. The molecule has 0 spiro atoms. The van der Waals surface area contributed by atoms with E-state index in [9.17, 15) is 10.2 Å². The number of H-pyrrole nitrogens is 2. The maximum absolute atomic E-state index is 10.3. The lowest BCUT2D eigenvalue weighted by atomic mass is 10.1. The normalized spacial score (nSPS) is 12.0. The number of aliphatic hydroxyl groups excluding tert-OH is 2. The summed E-state index contributed by atoms with van der Waals surface area (Å²) >= 11 is 0. The molecular formula is C48H60N4O17P2. The van der Waals surface area contributed by atoms with Crippen LogP contribution in [0.15, 0.2) is 133 Å². The number of phosphoric acid groups is 2. The van der Waals surface area contributed by atoms with Crippen molar-refractivity contribution in [2.45, 2.75) is 12.2 Å². The quantitative estimate of drug-likeness (QED) is 0.0360. The summed E-state index contributed by atoms with van der Waals surface area (Å²) in [7, 11) is -6.04. The van der Waals surface area contributed by atoms with Gasteiger partial charge in [0.05, 0.1) is 25.3 Å². The van der Waals surface area contributed by atoms with Crippen LogP contribution in [-0.2, 0) is 9.13 Å². The number of hydrogen-bond donors (Lipinski definition) is 12. The third kappa shape index (κ3) is 19.5. The van der Waals surface area contributed by atoms with Crippen molar-refractivity contribution in [3.63, 3.8) is 0 Å². The topological polar surface area (TPSA) is 339 Å². The molecule has 384 valence electrons. The molecule has 6 aromatic carbocycles. The van der Waals surface area contributed by atoms with Gasteiger partial charge in [0, 0.05) is 58.8 Å². The molecule has 8 rings (SSSR count). The van der Waals surface area contributed by atoms with Crippen molar-refractivity contribution in [3.8, 4) is 34.5 Å². The van der Waals surface area contributed by atoms with E-state index in [-0.39, 0.29) is 18.7 Å². The number of aromatic nitrogens is 2. The fourth-order valence-corrected chi connectivity index (χ4v) is 6.95. The molecule has 0 amide bonds. The number of aromatic amines is 2. The van der Waals surface area contributed by atoms with Crippen molar-refractivity contribution < 1.29 is 82.6 Å². The first-order valence-electron chi connectivity index (χ1n) is 21.6. The summed E-state index contributed by atoms with van der Waals surface area (Å²) < 4.78 is 51.6. The number of fused-ring (bicyclic) bond motifs is 6. The van der Waals surface area contributed by atoms with E-state index < -0.39 is 27.9 Å². The van der Waals surface area contributed by atoms with Crippen molar-refractivity contribution in [3.05, 3.63) is 133 Å². The predicted octanol–water partition coefficient (Wildman–Crippen LogP) is 4.79. The molecule has 21 nitrogen and oxygen atoms in total. The van der Waals surface area contributed by atoms with Crippen LogP contribution in [0.25, 0.3) is 43.6 Å². The highest BCUT2D eigenvalue weighted by atomic mass is 31.2. The van der Waals surface area contributed by atoms with E-state index >= 15 is 0 Å². The third-order valence-electron chi connectivity index (χ3n) is 9.82. The zero-order valence-electron chi connectivity index (χ0n) is 38.8. The Morgan fingerprint density at radius 3 is 1.13 bits per heavy atom. The molecule has 14 N–H and O–H groups in total. The number of ether oxygens (including phenoxy) is 6. The maximum Gasteiger partial charge on any atom is 0.466 e. The first-order valence-corrected chi connectivity index (χ1v) is 24.8. The van der Waals surface area contributed by atoms with Crippen LogP contribution in [0.5, 0.6) is 34.5 Å². The van der Waals surface area contributed by atoms with Gasteiger partial charge in [-0.25, -0.2) is 9.13 Å². The van der Waals surface area contributed by atoms with Gasteiger partial charge in [-0.05, 0) is 60.7 Å². The van der Waals surface area contributed by atoms with Crippen LogP contribution >= 0.6 is 15.6 Å². The molecule has 0 radical (unpaired) electrons. The molecule has 2 aromatic heterocycles. The van der Waals surface area contributed by atoms with E-state index in [2.05, 4.69) is 32.7 Å². The van der Waals surface area contributed by atoms with E-state index in [1.54, 1.807) is 14.2 Å². The van der Waals surface area contributed by atoms with Crippen LogP contribution in [0.2, 0.25) is 0 Å². The Morgan fingerprint density at radius 1 is 0.451 bits per heavy atom. The van der Waals surface area contributed by atoms with E-state index in [4.69, 9.17) is 66.9 Å². The second-order valence-corrected chi connectivity index (χ2v) is 17.1. The van der Waals surface area contributed by atoms with Crippen molar-refractivity contribution >= 4 is 59.3 Å². The lowest BCUT2D eigenvalue weighted by Gasteiger charge is -2.15. The second-order valence-electron chi connectivity index (χ2n) is 15.1. The average molecular weight is 1030 g/mol. The minimum atomic E-state index is -4.64. The Labute approximate surface area is 408 Å². The molecule has 71 heavy (non-hydrogen) atoms. The minimum Gasteiger partial charge on any atom is -0.493 e. The molecule has 0 fully saturated rings. The number of nitrogens with one attached hydrogen (secondary N) is 4.